The summed E-state index contributed by atoms with van der Waals surface area (Å²) >= 11 is 0. The summed E-state index contributed by atoms with van der Waals surface area (Å²) in [6.07, 6.45) is 3.72. The van der Waals surface area contributed by atoms with Gasteiger partial charge in [0.1, 0.15) is 11.4 Å². The Labute approximate surface area is 59.0 Å². The van der Waals surface area contributed by atoms with Crippen molar-refractivity contribution in [2.45, 2.75) is 12.8 Å². The molecule has 0 fully saturated rings. The van der Waals surface area contributed by atoms with Gasteiger partial charge < -0.3 is 4.74 Å². The molecule has 0 amide bonds. The third-order valence-corrected chi connectivity index (χ3v) is 1.57. The van der Waals surface area contributed by atoms with Crippen molar-refractivity contribution in [3.05, 3.63) is 18.0 Å². The van der Waals surface area contributed by atoms with E-state index in [-0.39, 0.29) is 0 Å². The van der Waals surface area contributed by atoms with E-state index in [2.05, 4.69) is 10.2 Å². The maximum Gasteiger partial charge on any atom is 0.144 e. The van der Waals surface area contributed by atoms with Gasteiger partial charge in [0.05, 0.1) is 12.8 Å². The molecule has 2 rings (SSSR count). The first kappa shape index (κ1) is 5.65. The normalized spacial score (nSPS) is 15.6. The van der Waals surface area contributed by atoms with E-state index < -0.39 is 0 Å². The van der Waals surface area contributed by atoms with E-state index in [1.807, 2.05) is 6.07 Å². The van der Waals surface area contributed by atoms with Gasteiger partial charge in [-0.15, -0.1) is 0 Å². The molecule has 0 bridgehead atoms. The molecule has 0 N–H and O–H groups in total. The van der Waals surface area contributed by atoms with Crippen LogP contribution in [0.1, 0.15) is 12.1 Å². The van der Waals surface area contributed by atoms with Gasteiger partial charge in [0.25, 0.3) is 0 Å². The molecule has 0 unspecified atom stereocenters. The molecule has 52 valence electrons. The van der Waals surface area contributed by atoms with E-state index in [4.69, 9.17) is 4.74 Å². The fraction of sp³-hybridized carbons (Fsp3) is 0.429. The molecule has 1 aromatic rings. The van der Waals surface area contributed by atoms with Gasteiger partial charge in [-0.3, -0.25) is 0 Å². The predicted octanol–water partition coefficient (Wildman–Crippen LogP) is 0.802. The minimum atomic E-state index is 0.818. The predicted molar refractivity (Wildman–Crippen MR) is 35.8 cm³/mol. The molecule has 0 radical (unpaired) electrons. The van der Waals surface area contributed by atoms with Crippen LogP contribution >= 0.6 is 0 Å². The Hall–Kier alpha value is -1.12. The molecule has 1 aromatic heterocycles. The molecule has 10 heavy (non-hydrogen) atoms. The van der Waals surface area contributed by atoms with Crippen molar-refractivity contribution in [3.8, 4) is 5.75 Å². The maximum absolute atomic E-state index is 5.32. The SMILES string of the molecule is c1cc2c(nn1)CCCO2. The van der Waals surface area contributed by atoms with Crippen molar-refractivity contribution in [1.29, 1.82) is 0 Å². The van der Waals surface area contributed by atoms with Crippen molar-refractivity contribution in [1.82, 2.24) is 10.2 Å². The van der Waals surface area contributed by atoms with Crippen LogP contribution in [0.3, 0.4) is 0 Å². The van der Waals surface area contributed by atoms with Crippen LogP contribution < -0.4 is 4.74 Å². The second-order valence-corrected chi connectivity index (χ2v) is 2.29. The van der Waals surface area contributed by atoms with Crippen LogP contribution in [0.5, 0.6) is 5.75 Å². The van der Waals surface area contributed by atoms with Crippen molar-refractivity contribution in [2.75, 3.05) is 6.61 Å². The van der Waals surface area contributed by atoms with Crippen LogP contribution in [0.4, 0.5) is 0 Å². The zero-order valence-corrected chi connectivity index (χ0v) is 5.58. The van der Waals surface area contributed by atoms with Crippen molar-refractivity contribution in [2.24, 2.45) is 0 Å². The molecule has 3 nitrogen and oxygen atoms in total. The molecule has 0 aromatic carbocycles. The fourth-order valence-electron chi connectivity index (χ4n) is 1.08. The van der Waals surface area contributed by atoms with E-state index in [9.17, 15) is 0 Å². The lowest BCUT2D eigenvalue weighted by molar-refractivity contribution is 0.283. The summed E-state index contributed by atoms with van der Waals surface area (Å²) in [4.78, 5) is 0. The molecule has 2 heterocycles. The van der Waals surface area contributed by atoms with Crippen LogP contribution in [0, 0.1) is 0 Å². The summed E-state index contributed by atoms with van der Waals surface area (Å²) in [7, 11) is 0. The Morgan fingerprint density at radius 3 is 3.40 bits per heavy atom. The number of hydrogen-bond acceptors (Lipinski definition) is 3. The summed E-state index contributed by atoms with van der Waals surface area (Å²) < 4.78 is 5.32. The van der Waals surface area contributed by atoms with Gasteiger partial charge in [0, 0.05) is 6.07 Å². The minimum Gasteiger partial charge on any atom is -0.492 e. The molecule has 1 aliphatic rings. The van der Waals surface area contributed by atoms with Crippen LogP contribution in [0.25, 0.3) is 0 Å². The summed E-state index contributed by atoms with van der Waals surface area (Å²) in [6, 6.07) is 1.86. The minimum absolute atomic E-state index is 0.818. The quantitative estimate of drug-likeness (QED) is 0.529. The van der Waals surface area contributed by atoms with E-state index in [1.165, 1.54) is 0 Å². The topological polar surface area (TPSA) is 35.0 Å². The Morgan fingerprint density at radius 2 is 2.50 bits per heavy atom. The molecule has 0 atom stereocenters. The molecule has 3 heteroatoms. The van der Waals surface area contributed by atoms with Gasteiger partial charge >= 0.3 is 0 Å². The van der Waals surface area contributed by atoms with Gasteiger partial charge in [0.15, 0.2) is 0 Å². The summed E-state index contributed by atoms with van der Waals surface area (Å²) in [5, 5.41) is 7.71. The zero-order valence-electron chi connectivity index (χ0n) is 5.58. The first-order chi connectivity index (χ1) is 4.97. The van der Waals surface area contributed by atoms with Crippen molar-refractivity contribution in [3.63, 3.8) is 0 Å². The average molecular weight is 136 g/mol. The number of aryl methyl sites for hydroxylation is 1. The Morgan fingerprint density at radius 1 is 1.50 bits per heavy atom. The van der Waals surface area contributed by atoms with Gasteiger partial charge in [-0.25, -0.2) is 0 Å². The highest BCUT2D eigenvalue weighted by Crippen LogP contribution is 2.19. The van der Waals surface area contributed by atoms with E-state index in [1.54, 1.807) is 6.20 Å². The van der Waals surface area contributed by atoms with E-state index in [0.717, 1.165) is 30.9 Å². The fourth-order valence-corrected chi connectivity index (χ4v) is 1.08. The highest BCUT2D eigenvalue weighted by atomic mass is 16.5. The second-order valence-electron chi connectivity index (χ2n) is 2.29. The lowest BCUT2D eigenvalue weighted by atomic mass is 10.2. The Balaban J connectivity index is 2.41. The third-order valence-electron chi connectivity index (χ3n) is 1.57. The lowest BCUT2D eigenvalue weighted by Gasteiger charge is -2.13. The largest absolute Gasteiger partial charge is 0.492 e. The van der Waals surface area contributed by atoms with E-state index >= 15 is 0 Å². The summed E-state index contributed by atoms with van der Waals surface area (Å²) in [5.41, 5.74) is 0.994. The van der Waals surface area contributed by atoms with Crippen LogP contribution in [0.2, 0.25) is 0 Å². The highest BCUT2D eigenvalue weighted by molar-refractivity contribution is 5.26. The second kappa shape index (κ2) is 2.25. The molecule has 1 aliphatic heterocycles. The standard InChI is InChI=1S/C7H8N2O/c1-2-6-7(10-5-1)3-4-8-9-6/h3-4H,1-2,5H2. The average Bonchev–Trinajstić information content (AvgIpc) is 2.05. The number of nitrogens with zero attached hydrogens (tertiary/aromatic N) is 2. The smallest absolute Gasteiger partial charge is 0.144 e. The Bertz CT molecular complexity index is 212. The van der Waals surface area contributed by atoms with Gasteiger partial charge in [0.2, 0.25) is 0 Å². The van der Waals surface area contributed by atoms with Gasteiger partial charge in [-0.1, -0.05) is 0 Å². The molecular weight excluding hydrogens is 128 g/mol. The Kier molecular flexibility index (Phi) is 1.27. The number of ether oxygens (including phenoxy) is 1. The van der Waals surface area contributed by atoms with Crippen LogP contribution in [-0.2, 0) is 6.42 Å². The molecule has 0 saturated heterocycles. The van der Waals surface area contributed by atoms with Crippen molar-refractivity contribution >= 4 is 0 Å². The molecule has 0 saturated carbocycles. The van der Waals surface area contributed by atoms with Crippen molar-refractivity contribution < 1.29 is 4.74 Å². The number of rotatable bonds is 0. The maximum atomic E-state index is 5.32. The molecule has 0 spiro atoms. The molecule has 0 aliphatic carbocycles. The van der Waals surface area contributed by atoms with Gasteiger partial charge in [-0.05, 0) is 12.8 Å². The first-order valence-electron chi connectivity index (χ1n) is 3.40. The first-order valence-corrected chi connectivity index (χ1v) is 3.40. The zero-order chi connectivity index (χ0) is 6.81. The van der Waals surface area contributed by atoms with Crippen LogP contribution in [-0.4, -0.2) is 16.8 Å². The number of fused-ring (bicyclic) bond motifs is 1. The van der Waals surface area contributed by atoms with Crippen LogP contribution in [0.15, 0.2) is 12.3 Å². The monoisotopic (exact) mass is 136 g/mol. The lowest BCUT2D eigenvalue weighted by Crippen LogP contribution is -2.10. The summed E-state index contributed by atoms with van der Waals surface area (Å²) in [5.74, 6) is 0.904. The number of aromatic nitrogens is 2. The third kappa shape index (κ3) is 0.835. The highest BCUT2D eigenvalue weighted by Gasteiger charge is 2.09. The summed E-state index contributed by atoms with van der Waals surface area (Å²) in [6.45, 7) is 0.818. The van der Waals surface area contributed by atoms with Gasteiger partial charge in [-0.2, -0.15) is 10.2 Å². The molecular formula is C7H8N2O. The van der Waals surface area contributed by atoms with E-state index in [0.29, 0.717) is 0 Å². The number of hydrogen-bond donors (Lipinski definition) is 0.